The van der Waals surface area contributed by atoms with Crippen molar-refractivity contribution in [2.75, 3.05) is 27.2 Å². The molecule has 1 aromatic heterocycles. The van der Waals surface area contributed by atoms with Crippen molar-refractivity contribution in [3.63, 3.8) is 0 Å². The molecule has 1 fully saturated rings. The Labute approximate surface area is 112 Å². The van der Waals surface area contributed by atoms with Crippen LogP contribution in [0.4, 0.5) is 0 Å². The summed E-state index contributed by atoms with van der Waals surface area (Å²) in [4.78, 5) is 21.9. The zero-order valence-electron chi connectivity index (χ0n) is 11.3. The van der Waals surface area contributed by atoms with E-state index in [1.54, 1.807) is 13.2 Å². The first kappa shape index (κ1) is 13.9. The largest absolute Gasteiger partial charge is 0.480 e. The maximum absolute atomic E-state index is 11.1. The van der Waals surface area contributed by atoms with E-state index in [0.717, 1.165) is 31.6 Å². The van der Waals surface area contributed by atoms with Crippen LogP contribution in [0.15, 0.2) is 12.3 Å². The molecule has 2 N–H and O–H groups in total. The van der Waals surface area contributed by atoms with Gasteiger partial charge in [-0.3, -0.25) is 4.79 Å². The first-order chi connectivity index (χ1) is 9.11. The van der Waals surface area contributed by atoms with E-state index in [-0.39, 0.29) is 0 Å². The third kappa shape index (κ3) is 3.27. The summed E-state index contributed by atoms with van der Waals surface area (Å²) in [5, 5.41) is 11.8. The van der Waals surface area contributed by atoms with Crippen molar-refractivity contribution in [3.05, 3.63) is 23.8 Å². The minimum absolute atomic E-state index is 0.339. The number of nitrogens with one attached hydrogen (secondary N) is 1. The first-order valence-corrected chi connectivity index (χ1v) is 6.53. The molecule has 0 aliphatic carbocycles. The summed E-state index contributed by atoms with van der Waals surface area (Å²) in [5.74, 6) is -0.210. The van der Waals surface area contributed by atoms with Gasteiger partial charge in [0.05, 0.1) is 0 Å². The fourth-order valence-electron chi connectivity index (χ4n) is 2.42. The normalized spacial score (nSPS) is 19.3. The quantitative estimate of drug-likeness (QED) is 0.830. The summed E-state index contributed by atoms with van der Waals surface area (Å²) in [5.41, 5.74) is 0.958. The number of carboxylic acids is 1. The van der Waals surface area contributed by atoms with Crippen molar-refractivity contribution in [1.29, 1.82) is 0 Å². The van der Waals surface area contributed by atoms with Crippen molar-refractivity contribution in [2.45, 2.75) is 24.8 Å². The lowest BCUT2D eigenvalue weighted by Crippen LogP contribution is -2.30. The van der Waals surface area contributed by atoms with E-state index < -0.39 is 12.0 Å². The van der Waals surface area contributed by atoms with E-state index in [1.165, 1.54) is 0 Å². The van der Waals surface area contributed by atoms with Gasteiger partial charge in [0.15, 0.2) is 11.9 Å². The molecule has 104 valence electrons. The molecule has 6 nitrogen and oxygen atoms in total. The molecule has 1 aliphatic rings. The van der Waals surface area contributed by atoms with Gasteiger partial charge in [0.1, 0.15) is 0 Å². The van der Waals surface area contributed by atoms with Gasteiger partial charge < -0.3 is 15.3 Å². The molecule has 1 aromatic rings. The summed E-state index contributed by atoms with van der Waals surface area (Å²) >= 11 is 0. The van der Waals surface area contributed by atoms with E-state index in [2.05, 4.69) is 27.2 Å². The molecule has 0 radical (unpaired) electrons. The van der Waals surface area contributed by atoms with Crippen molar-refractivity contribution in [1.82, 2.24) is 20.2 Å². The Hall–Kier alpha value is -1.53. The molecule has 6 heteroatoms. The fraction of sp³-hybridized carbons (Fsp3) is 0.615. The Morgan fingerprint density at radius 1 is 1.53 bits per heavy atom. The molecule has 0 aromatic carbocycles. The van der Waals surface area contributed by atoms with Crippen LogP contribution in [0.3, 0.4) is 0 Å². The molecule has 0 amide bonds. The number of likely N-dealkylation sites (N-methyl/N-ethyl adjacent to an activating group) is 1. The number of hydrogen-bond acceptors (Lipinski definition) is 5. The topological polar surface area (TPSA) is 78.3 Å². The number of carbonyl (C=O) groups is 1. The van der Waals surface area contributed by atoms with Gasteiger partial charge in [0.2, 0.25) is 0 Å². The Morgan fingerprint density at radius 2 is 2.21 bits per heavy atom. The van der Waals surface area contributed by atoms with Crippen LogP contribution in [0.25, 0.3) is 0 Å². The standard InChI is InChI=1S/C13H20N4O2/c1-14-11(13(18)19)12-15-6-3-10(16-12)9-4-7-17(2)8-5-9/h3,6,9,11,14H,4-5,7-8H2,1-2H3,(H,18,19). The maximum Gasteiger partial charge on any atom is 0.328 e. The second-order valence-corrected chi connectivity index (χ2v) is 4.98. The average Bonchev–Trinajstić information content (AvgIpc) is 2.40. The second kappa shape index (κ2) is 6.08. The van der Waals surface area contributed by atoms with Crippen molar-refractivity contribution < 1.29 is 9.90 Å². The van der Waals surface area contributed by atoms with Gasteiger partial charge >= 0.3 is 5.97 Å². The van der Waals surface area contributed by atoms with Gasteiger partial charge in [0, 0.05) is 17.8 Å². The van der Waals surface area contributed by atoms with Gasteiger partial charge in [0.25, 0.3) is 0 Å². The molecule has 1 saturated heterocycles. The summed E-state index contributed by atoms with van der Waals surface area (Å²) in [6.07, 6.45) is 3.78. The zero-order chi connectivity index (χ0) is 13.8. The molecule has 1 aliphatic heterocycles. The Kier molecular flexibility index (Phi) is 4.44. The van der Waals surface area contributed by atoms with E-state index in [0.29, 0.717) is 11.7 Å². The number of aromatic nitrogens is 2. The number of rotatable bonds is 4. The number of likely N-dealkylation sites (tertiary alicyclic amines) is 1. The van der Waals surface area contributed by atoms with Gasteiger partial charge in [-0.2, -0.15) is 0 Å². The third-order valence-electron chi connectivity index (χ3n) is 3.63. The maximum atomic E-state index is 11.1. The number of aliphatic carboxylic acids is 1. The Bertz CT molecular complexity index is 444. The van der Waals surface area contributed by atoms with Crippen molar-refractivity contribution in [3.8, 4) is 0 Å². The monoisotopic (exact) mass is 264 g/mol. The summed E-state index contributed by atoms with van der Waals surface area (Å²) in [7, 11) is 3.72. The molecule has 2 heterocycles. The van der Waals surface area contributed by atoms with Crippen LogP contribution in [0, 0.1) is 0 Å². The Morgan fingerprint density at radius 3 is 2.79 bits per heavy atom. The Balaban J connectivity index is 2.17. The van der Waals surface area contributed by atoms with E-state index >= 15 is 0 Å². The van der Waals surface area contributed by atoms with Crippen LogP contribution in [0.5, 0.6) is 0 Å². The zero-order valence-corrected chi connectivity index (χ0v) is 11.3. The highest BCUT2D eigenvalue weighted by Gasteiger charge is 2.24. The van der Waals surface area contributed by atoms with E-state index in [9.17, 15) is 4.79 Å². The molecule has 0 spiro atoms. The molecule has 1 unspecified atom stereocenters. The number of hydrogen-bond donors (Lipinski definition) is 2. The van der Waals surface area contributed by atoms with Crippen LogP contribution in [0.1, 0.15) is 36.3 Å². The minimum atomic E-state index is -0.956. The lowest BCUT2D eigenvalue weighted by Gasteiger charge is -2.28. The smallest absolute Gasteiger partial charge is 0.328 e. The first-order valence-electron chi connectivity index (χ1n) is 6.53. The molecule has 0 saturated carbocycles. The molecule has 2 rings (SSSR count). The van der Waals surface area contributed by atoms with Gasteiger partial charge in [-0.25, -0.2) is 9.97 Å². The van der Waals surface area contributed by atoms with Crippen LogP contribution in [0.2, 0.25) is 0 Å². The van der Waals surface area contributed by atoms with Crippen LogP contribution in [-0.2, 0) is 4.79 Å². The molecule has 1 atom stereocenters. The number of nitrogens with zero attached hydrogens (tertiary/aromatic N) is 3. The van der Waals surface area contributed by atoms with Gasteiger partial charge in [-0.1, -0.05) is 0 Å². The fourth-order valence-corrected chi connectivity index (χ4v) is 2.42. The number of piperidine rings is 1. The second-order valence-electron chi connectivity index (χ2n) is 4.98. The predicted octanol–water partition coefficient (Wildman–Crippen LogP) is 0.631. The van der Waals surface area contributed by atoms with E-state index in [4.69, 9.17) is 5.11 Å². The summed E-state index contributed by atoms with van der Waals surface area (Å²) in [6, 6.07) is 1.06. The molecular formula is C13H20N4O2. The highest BCUT2D eigenvalue weighted by Crippen LogP contribution is 2.26. The molecular weight excluding hydrogens is 244 g/mol. The van der Waals surface area contributed by atoms with Crippen molar-refractivity contribution in [2.24, 2.45) is 0 Å². The van der Waals surface area contributed by atoms with E-state index in [1.807, 2.05) is 6.07 Å². The SMILES string of the molecule is CNC(C(=O)O)c1nccc(C2CCN(C)CC2)n1. The molecule has 19 heavy (non-hydrogen) atoms. The summed E-state index contributed by atoms with van der Waals surface area (Å²) in [6.45, 7) is 2.11. The average molecular weight is 264 g/mol. The summed E-state index contributed by atoms with van der Waals surface area (Å²) < 4.78 is 0. The van der Waals surface area contributed by atoms with Gasteiger partial charge in [-0.15, -0.1) is 0 Å². The predicted molar refractivity (Wildman–Crippen MR) is 70.9 cm³/mol. The van der Waals surface area contributed by atoms with Gasteiger partial charge in [-0.05, 0) is 46.1 Å². The van der Waals surface area contributed by atoms with Crippen LogP contribution in [-0.4, -0.2) is 53.1 Å². The lowest BCUT2D eigenvalue weighted by atomic mass is 9.93. The third-order valence-corrected chi connectivity index (χ3v) is 3.63. The highest BCUT2D eigenvalue weighted by atomic mass is 16.4. The van der Waals surface area contributed by atoms with Crippen LogP contribution < -0.4 is 5.32 Å². The highest BCUT2D eigenvalue weighted by molar-refractivity contribution is 5.74. The van der Waals surface area contributed by atoms with Crippen LogP contribution >= 0.6 is 0 Å². The number of carboxylic acid groups (broad SMARTS) is 1. The molecule has 0 bridgehead atoms. The minimum Gasteiger partial charge on any atom is -0.480 e. The lowest BCUT2D eigenvalue weighted by molar-refractivity contribution is -0.139. The van der Waals surface area contributed by atoms with Crippen molar-refractivity contribution >= 4 is 5.97 Å².